The molecule has 1 aromatic heterocycles. The summed E-state index contributed by atoms with van der Waals surface area (Å²) in [5.74, 6) is 0.491. The summed E-state index contributed by atoms with van der Waals surface area (Å²) >= 11 is 0. The third-order valence-corrected chi connectivity index (χ3v) is 1.36. The number of aryl methyl sites for hydroxylation is 1. The Morgan fingerprint density at radius 3 is 2.90 bits per heavy atom. The minimum absolute atomic E-state index is 0.0420. The van der Waals surface area contributed by atoms with E-state index in [4.69, 9.17) is 9.84 Å². The second-order valence-electron chi connectivity index (χ2n) is 1.97. The van der Waals surface area contributed by atoms with Gasteiger partial charge in [-0.25, -0.2) is 4.98 Å². The van der Waals surface area contributed by atoms with Crippen molar-refractivity contribution >= 4 is 0 Å². The van der Waals surface area contributed by atoms with E-state index < -0.39 is 0 Å². The van der Waals surface area contributed by atoms with Crippen LogP contribution in [-0.2, 0) is 13.7 Å². The fourth-order valence-electron chi connectivity index (χ4n) is 0.784. The largest absolute Gasteiger partial charge is 0.480 e. The molecule has 1 heterocycles. The van der Waals surface area contributed by atoms with Crippen LogP contribution in [0.1, 0.15) is 5.69 Å². The number of nitrogens with zero attached hydrogens (tertiary/aromatic N) is 2. The molecule has 56 valence electrons. The molecular formula is C6H10N2O2. The molecule has 0 bridgehead atoms. The van der Waals surface area contributed by atoms with E-state index in [0.29, 0.717) is 11.6 Å². The summed E-state index contributed by atoms with van der Waals surface area (Å²) in [5, 5.41) is 8.78. The second-order valence-corrected chi connectivity index (χ2v) is 1.97. The van der Waals surface area contributed by atoms with Gasteiger partial charge in [-0.2, -0.15) is 0 Å². The topological polar surface area (TPSA) is 47.3 Å². The van der Waals surface area contributed by atoms with Crippen LogP contribution in [0.25, 0.3) is 0 Å². The molecule has 1 rings (SSSR count). The molecule has 1 aromatic rings. The third-order valence-electron chi connectivity index (χ3n) is 1.36. The SMILES string of the molecule is COc1ncn(C)c1CO. The number of methoxy groups -OCH3 is 1. The van der Waals surface area contributed by atoms with Crippen LogP contribution in [0.5, 0.6) is 5.88 Å². The number of hydrogen-bond donors (Lipinski definition) is 1. The van der Waals surface area contributed by atoms with Crippen molar-refractivity contribution in [1.29, 1.82) is 0 Å². The molecule has 0 amide bonds. The monoisotopic (exact) mass is 142 g/mol. The molecule has 0 atom stereocenters. The van der Waals surface area contributed by atoms with Crippen molar-refractivity contribution in [3.63, 3.8) is 0 Å². The highest BCUT2D eigenvalue weighted by atomic mass is 16.5. The number of aliphatic hydroxyl groups excluding tert-OH is 1. The molecule has 0 aliphatic heterocycles. The molecule has 0 spiro atoms. The maximum Gasteiger partial charge on any atom is 0.237 e. The Balaban J connectivity index is 3.01. The van der Waals surface area contributed by atoms with Crippen LogP contribution in [0, 0.1) is 0 Å². The number of aromatic nitrogens is 2. The molecule has 0 saturated carbocycles. The molecule has 0 aliphatic carbocycles. The summed E-state index contributed by atoms with van der Waals surface area (Å²) in [5.41, 5.74) is 0.697. The summed E-state index contributed by atoms with van der Waals surface area (Å²) < 4.78 is 6.59. The molecule has 1 N–H and O–H groups in total. The van der Waals surface area contributed by atoms with Crippen molar-refractivity contribution in [2.24, 2.45) is 7.05 Å². The number of ether oxygens (including phenoxy) is 1. The maximum absolute atomic E-state index is 8.78. The van der Waals surface area contributed by atoms with Gasteiger partial charge >= 0.3 is 0 Å². The fourth-order valence-corrected chi connectivity index (χ4v) is 0.784. The van der Waals surface area contributed by atoms with Crippen molar-refractivity contribution < 1.29 is 9.84 Å². The first-order valence-corrected chi connectivity index (χ1v) is 2.94. The molecule has 0 fully saturated rings. The molecule has 0 radical (unpaired) electrons. The van der Waals surface area contributed by atoms with Crippen LogP contribution >= 0.6 is 0 Å². The van der Waals surface area contributed by atoms with Gasteiger partial charge in [0.1, 0.15) is 5.69 Å². The Morgan fingerprint density at radius 2 is 2.50 bits per heavy atom. The zero-order valence-electron chi connectivity index (χ0n) is 6.03. The van der Waals surface area contributed by atoms with Gasteiger partial charge < -0.3 is 14.4 Å². The summed E-state index contributed by atoms with van der Waals surface area (Å²) in [6, 6.07) is 0. The highest BCUT2D eigenvalue weighted by Gasteiger charge is 2.05. The molecule has 0 aliphatic rings. The van der Waals surface area contributed by atoms with Crippen LogP contribution in [0.15, 0.2) is 6.33 Å². The van der Waals surface area contributed by atoms with E-state index >= 15 is 0 Å². The minimum atomic E-state index is -0.0420. The lowest BCUT2D eigenvalue weighted by Gasteiger charge is -1.98. The Kier molecular flexibility index (Phi) is 1.91. The summed E-state index contributed by atoms with van der Waals surface area (Å²) in [6.45, 7) is -0.0420. The highest BCUT2D eigenvalue weighted by molar-refractivity contribution is 5.17. The van der Waals surface area contributed by atoms with Gasteiger partial charge in [0.05, 0.1) is 20.0 Å². The van der Waals surface area contributed by atoms with E-state index in [1.54, 1.807) is 17.9 Å². The zero-order chi connectivity index (χ0) is 7.56. The Hall–Kier alpha value is -1.03. The Bertz CT molecular complexity index is 220. The fraction of sp³-hybridized carbons (Fsp3) is 0.500. The quantitative estimate of drug-likeness (QED) is 0.628. The van der Waals surface area contributed by atoms with Crippen molar-refractivity contribution in [1.82, 2.24) is 9.55 Å². The van der Waals surface area contributed by atoms with E-state index in [-0.39, 0.29) is 6.61 Å². The zero-order valence-corrected chi connectivity index (χ0v) is 6.03. The summed E-state index contributed by atoms with van der Waals surface area (Å²) in [6.07, 6.45) is 1.60. The van der Waals surface area contributed by atoms with Gasteiger partial charge in [-0.05, 0) is 0 Å². The lowest BCUT2D eigenvalue weighted by Crippen LogP contribution is -1.96. The van der Waals surface area contributed by atoms with E-state index in [0.717, 1.165) is 0 Å². The van der Waals surface area contributed by atoms with Gasteiger partial charge in [0.15, 0.2) is 0 Å². The molecule has 4 heteroatoms. The summed E-state index contributed by atoms with van der Waals surface area (Å²) in [7, 11) is 3.34. The first kappa shape index (κ1) is 7.08. The molecule has 0 aromatic carbocycles. The molecule has 0 unspecified atom stereocenters. The summed E-state index contributed by atoms with van der Waals surface area (Å²) in [4.78, 5) is 3.89. The molecule has 4 nitrogen and oxygen atoms in total. The lowest BCUT2D eigenvalue weighted by atomic mass is 10.5. The normalized spacial score (nSPS) is 9.90. The van der Waals surface area contributed by atoms with Crippen molar-refractivity contribution in [2.45, 2.75) is 6.61 Å². The first-order valence-electron chi connectivity index (χ1n) is 2.94. The smallest absolute Gasteiger partial charge is 0.237 e. The van der Waals surface area contributed by atoms with Crippen LogP contribution in [-0.4, -0.2) is 21.8 Å². The average molecular weight is 142 g/mol. The minimum Gasteiger partial charge on any atom is -0.480 e. The standard InChI is InChI=1S/C6H10N2O2/c1-8-4-7-6(10-2)5(8)3-9/h4,9H,3H2,1-2H3. The molecule has 0 saturated heterocycles. The van der Waals surface area contributed by atoms with Gasteiger partial charge in [-0.1, -0.05) is 0 Å². The van der Waals surface area contributed by atoms with Crippen molar-refractivity contribution in [3.05, 3.63) is 12.0 Å². The van der Waals surface area contributed by atoms with Crippen molar-refractivity contribution in [2.75, 3.05) is 7.11 Å². The highest BCUT2D eigenvalue weighted by Crippen LogP contribution is 2.13. The number of aliphatic hydroxyl groups is 1. The van der Waals surface area contributed by atoms with Crippen LogP contribution < -0.4 is 4.74 Å². The lowest BCUT2D eigenvalue weighted by molar-refractivity contribution is 0.263. The van der Waals surface area contributed by atoms with Crippen LogP contribution in [0.3, 0.4) is 0 Å². The van der Waals surface area contributed by atoms with Crippen molar-refractivity contribution in [3.8, 4) is 5.88 Å². The second kappa shape index (κ2) is 2.70. The van der Waals surface area contributed by atoms with E-state index in [1.807, 2.05) is 0 Å². The Labute approximate surface area is 59.1 Å². The number of imidazole rings is 1. The van der Waals surface area contributed by atoms with Gasteiger partial charge in [0.25, 0.3) is 0 Å². The third kappa shape index (κ3) is 0.974. The van der Waals surface area contributed by atoms with E-state index in [1.165, 1.54) is 7.11 Å². The molecular weight excluding hydrogens is 132 g/mol. The van der Waals surface area contributed by atoms with E-state index in [9.17, 15) is 0 Å². The van der Waals surface area contributed by atoms with Crippen LogP contribution in [0.2, 0.25) is 0 Å². The predicted octanol–water partition coefficient (Wildman–Crippen LogP) is -0.0790. The van der Waals surface area contributed by atoms with Gasteiger partial charge in [0, 0.05) is 7.05 Å². The Morgan fingerprint density at radius 1 is 1.80 bits per heavy atom. The maximum atomic E-state index is 8.78. The number of rotatable bonds is 2. The first-order chi connectivity index (χ1) is 4.79. The number of hydrogen-bond acceptors (Lipinski definition) is 3. The average Bonchev–Trinajstić information content (AvgIpc) is 2.30. The van der Waals surface area contributed by atoms with E-state index in [2.05, 4.69) is 4.98 Å². The molecule has 10 heavy (non-hydrogen) atoms. The van der Waals surface area contributed by atoms with Gasteiger partial charge in [-0.3, -0.25) is 0 Å². The van der Waals surface area contributed by atoms with Crippen LogP contribution in [0.4, 0.5) is 0 Å². The van der Waals surface area contributed by atoms with Gasteiger partial charge in [0.2, 0.25) is 5.88 Å². The predicted molar refractivity (Wildman–Crippen MR) is 35.7 cm³/mol. The van der Waals surface area contributed by atoms with Gasteiger partial charge in [-0.15, -0.1) is 0 Å².